The predicted octanol–water partition coefficient (Wildman–Crippen LogP) is 2.76. The molecule has 1 fully saturated rings. The lowest BCUT2D eigenvalue weighted by Gasteiger charge is -2.29. The summed E-state index contributed by atoms with van der Waals surface area (Å²) in [4.78, 5) is 20.4. The number of carbonyl (C=O) groups is 1. The van der Waals surface area contributed by atoms with Gasteiger partial charge >= 0.3 is 0 Å². The maximum atomic E-state index is 12.1. The van der Waals surface area contributed by atoms with Crippen LogP contribution in [-0.4, -0.2) is 27.1 Å². The van der Waals surface area contributed by atoms with Crippen LogP contribution in [0.25, 0.3) is 11.4 Å². The summed E-state index contributed by atoms with van der Waals surface area (Å²) in [6, 6.07) is 4.01. The number of nitrogens with one attached hydrogen (secondary N) is 1. The normalized spacial score (nSPS) is 21.1. The van der Waals surface area contributed by atoms with E-state index in [2.05, 4.69) is 27.4 Å². The minimum absolute atomic E-state index is 0.0601. The first kappa shape index (κ1) is 15.6. The van der Waals surface area contributed by atoms with E-state index in [-0.39, 0.29) is 5.91 Å². The van der Waals surface area contributed by atoms with E-state index in [9.17, 15) is 4.79 Å². The van der Waals surface area contributed by atoms with Crippen molar-refractivity contribution in [1.82, 2.24) is 20.4 Å². The summed E-state index contributed by atoms with van der Waals surface area (Å²) in [6.45, 7) is 2.21. The summed E-state index contributed by atoms with van der Waals surface area (Å²) in [5.41, 5.74) is 0.808. The molecule has 2 aromatic rings. The molecule has 2 heterocycles. The maximum absolute atomic E-state index is 12.1. The van der Waals surface area contributed by atoms with Gasteiger partial charge in [0.2, 0.25) is 17.6 Å². The average Bonchev–Trinajstić information content (AvgIpc) is 3.05. The highest BCUT2D eigenvalue weighted by molar-refractivity contribution is 5.76. The summed E-state index contributed by atoms with van der Waals surface area (Å²) in [5, 5.41) is 7.07. The lowest BCUT2D eigenvalue weighted by atomic mass is 9.86. The van der Waals surface area contributed by atoms with Gasteiger partial charge in [-0.15, -0.1) is 0 Å². The van der Waals surface area contributed by atoms with Crippen LogP contribution in [0.1, 0.15) is 44.9 Å². The fraction of sp³-hybridized carbons (Fsp3) is 0.529. The molecule has 2 aromatic heterocycles. The molecule has 23 heavy (non-hydrogen) atoms. The Hall–Kier alpha value is -2.24. The van der Waals surface area contributed by atoms with Gasteiger partial charge in [0.15, 0.2) is 0 Å². The summed E-state index contributed by atoms with van der Waals surface area (Å²) < 4.78 is 5.21. The highest BCUT2D eigenvalue weighted by atomic mass is 16.5. The number of rotatable bonds is 5. The van der Waals surface area contributed by atoms with Crippen LogP contribution in [0.15, 0.2) is 29.0 Å². The number of amides is 1. The van der Waals surface area contributed by atoms with Gasteiger partial charge in [0, 0.05) is 36.8 Å². The quantitative estimate of drug-likeness (QED) is 0.917. The van der Waals surface area contributed by atoms with E-state index in [0.717, 1.165) is 12.0 Å². The molecule has 0 saturated heterocycles. The Morgan fingerprint density at radius 2 is 2.26 bits per heavy atom. The van der Waals surface area contributed by atoms with Crippen molar-refractivity contribution < 1.29 is 9.32 Å². The Morgan fingerprint density at radius 1 is 1.39 bits per heavy atom. The first-order valence-corrected chi connectivity index (χ1v) is 8.25. The van der Waals surface area contributed by atoms with Crippen molar-refractivity contribution in [1.29, 1.82) is 0 Å². The third kappa shape index (κ3) is 4.15. The monoisotopic (exact) mass is 314 g/mol. The van der Waals surface area contributed by atoms with Gasteiger partial charge in [0.25, 0.3) is 0 Å². The second-order valence-electron chi connectivity index (χ2n) is 6.19. The summed E-state index contributed by atoms with van der Waals surface area (Å²) >= 11 is 0. The zero-order chi connectivity index (χ0) is 16.1. The van der Waals surface area contributed by atoms with E-state index in [1.54, 1.807) is 12.4 Å². The molecular formula is C17H22N4O2. The number of carbonyl (C=O) groups excluding carboxylic acids is 1. The van der Waals surface area contributed by atoms with E-state index in [0.29, 0.717) is 36.5 Å². The molecular weight excluding hydrogens is 292 g/mol. The SMILES string of the molecule is C[C@H]1CCCC[C@@H]1NC(=O)CCc1nc(-c2cccnc2)no1. The molecule has 0 aromatic carbocycles. The Labute approximate surface area is 135 Å². The highest BCUT2D eigenvalue weighted by Gasteiger charge is 2.22. The second kappa shape index (κ2) is 7.35. The topological polar surface area (TPSA) is 80.9 Å². The fourth-order valence-electron chi connectivity index (χ4n) is 3.00. The van der Waals surface area contributed by atoms with Gasteiger partial charge in [-0.05, 0) is 30.9 Å². The van der Waals surface area contributed by atoms with Crippen molar-refractivity contribution in [3.05, 3.63) is 30.4 Å². The summed E-state index contributed by atoms with van der Waals surface area (Å²) in [7, 11) is 0. The largest absolute Gasteiger partial charge is 0.353 e. The minimum Gasteiger partial charge on any atom is -0.353 e. The Kier molecular flexibility index (Phi) is 5.00. The van der Waals surface area contributed by atoms with Crippen molar-refractivity contribution >= 4 is 5.91 Å². The second-order valence-corrected chi connectivity index (χ2v) is 6.19. The van der Waals surface area contributed by atoms with Crippen LogP contribution in [0.4, 0.5) is 0 Å². The molecule has 1 aliphatic rings. The van der Waals surface area contributed by atoms with Crippen LogP contribution in [0.5, 0.6) is 0 Å². The van der Waals surface area contributed by atoms with Crippen LogP contribution in [0.3, 0.4) is 0 Å². The Morgan fingerprint density at radius 3 is 3.04 bits per heavy atom. The molecule has 2 atom stereocenters. The molecule has 1 aliphatic carbocycles. The standard InChI is InChI=1S/C17H22N4O2/c1-12-5-2-3-7-14(12)19-15(22)8-9-16-20-17(21-23-16)13-6-4-10-18-11-13/h4,6,10-12,14H,2-3,5,7-9H2,1H3,(H,19,22)/t12-,14-/m0/s1. The molecule has 0 bridgehead atoms. The van der Waals surface area contributed by atoms with E-state index >= 15 is 0 Å². The summed E-state index contributed by atoms with van der Waals surface area (Å²) in [5.74, 6) is 1.61. The molecule has 0 aliphatic heterocycles. The third-order valence-electron chi connectivity index (χ3n) is 4.41. The van der Waals surface area contributed by atoms with Gasteiger partial charge in [-0.3, -0.25) is 9.78 Å². The zero-order valence-corrected chi connectivity index (χ0v) is 13.4. The highest BCUT2D eigenvalue weighted by Crippen LogP contribution is 2.23. The molecule has 6 nitrogen and oxygen atoms in total. The maximum Gasteiger partial charge on any atom is 0.227 e. The number of nitrogens with zero attached hydrogens (tertiary/aromatic N) is 3. The van der Waals surface area contributed by atoms with Gasteiger partial charge in [0.05, 0.1) is 0 Å². The van der Waals surface area contributed by atoms with Crippen LogP contribution in [0.2, 0.25) is 0 Å². The van der Waals surface area contributed by atoms with Crippen molar-refractivity contribution in [3.63, 3.8) is 0 Å². The van der Waals surface area contributed by atoms with E-state index in [1.165, 1.54) is 19.3 Å². The van der Waals surface area contributed by atoms with Gasteiger partial charge in [0.1, 0.15) is 0 Å². The lowest BCUT2D eigenvalue weighted by Crippen LogP contribution is -2.41. The van der Waals surface area contributed by atoms with E-state index < -0.39 is 0 Å². The summed E-state index contributed by atoms with van der Waals surface area (Å²) in [6.07, 6.45) is 8.97. The molecule has 6 heteroatoms. The van der Waals surface area contributed by atoms with Crippen molar-refractivity contribution in [2.24, 2.45) is 5.92 Å². The van der Waals surface area contributed by atoms with Gasteiger partial charge in [-0.2, -0.15) is 4.98 Å². The predicted molar refractivity (Wildman–Crippen MR) is 85.4 cm³/mol. The number of pyridine rings is 1. The van der Waals surface area contributed by atoms with E-state index in [1.807, 2.05) is 12.1 Å². The third-order valence-corrected chi connectivity index (χ3v) is 4.41. The van der Waals surface area contributed by atoms with Crippen LogP contribution >= 0.6 is 0 Å². The molecule has 1 amide bonds. The number of aryl methyl sites for hydroxylation is 1. The smallest absolute Gasteiger partial charge is 0.227 e. The van der Waals surface area contributed by atoms with Crippen molar-refractivity contribution in [3.8, 4) is 11.4 Å². The fourth-order valence-corrected chi connectivity index (χ4v) is 3.00. The minimum atomic E-state index is 0.0601. The van der Waals surface area contributed by atoms with Crippen LogP contribution in [0, 0.1) is 5.92 Å². The first-order chi connectivity index (χ1) is 11.2. The molecule has 1 N–H and O–H groups in total. The number of aromatic nitrogens is 3. The molecule has 0 radical (unpaired) electrons. The molecule has 0 spiro atoms. The molecule has 1 saturated carbocycles. The Balaban J connectivity index is 1.50. The van der Waals surface area contributed by atoms with Crippen LogP contribution < -0.4 is 5.32 Å². The lowest BCUT2D eigenvalue weighted by molar-refractivity contribution is -0.122. The molecule has 3 rings (SSSR count). The molecule has 122 valence electrons. The first-order valence-electron chi connectivity index (χ1n) is 8.25. The van der Waals surface area contributed by atoms with Gasteiger partial charge in [-0.25, -0.2) is 0 Å². The van der Waals surface area contributed by atoms with Gasteiger partial charge < -0.3 is 9.84 Å². The Bertz CT molecular complexity index is 641. The van der Waals surface area contributed by atoms with Gasteiger partial charge in [-0.1, -0.05) is 24.9 Å². The number of hydrogen-bond acceptors (Lipinski definition) is 5. The van der Waals surface area contributed by atoms with Crippen molar-refractivity contribution in [2.45, 2.75) is 51.5 Å². The van der Waals surface area contributed by atoms with Crippen LogP contribution in [-0.2, 0) is 11.2 Å². The molecule has 0 unspecified atom stereocenters. The zero-order valence-electron chi connectivity index (χ0n) is 13.4. The van der Waals surface area contributed by atoms with Crippen molar-refractivity contribution in [2.75, 3.05) is 0 Å². The average molecular weight is 314 g/mol. The number of hydrogen-bond donors (Lipinski definition) is 1. The van der Waals surface area contributed by atoms with E-state index in [4.69, 9.17) is 4.52 Å².